The van der Waals surface area contributed by atoms with Gasteiger partial charge in [0.1, 0.15) is 22.9 Å². The summed E-state index contributed by atoms with van der Waals surface area (Å²) < 4.78 is 4.93. The van der Waals surface area contributed by atoms with Crippen LogP contribution < -0.4 is 10.1 Å². The maximum absolute atomic E-state index is 12.3. The van der Waals surface area contributed by atoms with Gasteiger partial charge >= 0.3 is 11.9 Å². The normalized spacial score (nSPS) is 21.3. The molecule has 0 radical (unpaired) electrons. The minimum Gasteiger partial charge on any atom is -0.477 e. The molecule has 3 rings (SSSR count). The first-order valence-corrected chi connectivity index (χ1v) is 9.27. The number of hydrogen-bond acceptors (Lipinski definition) is 6. The third kappa shape index (κ3) is 3.82. The summed E-state index contributed by atoms with van der Waals surface area (Å²) in [7, 11) is 0. The van der Waals surface area contributed by atoms with E-state index in [0.717, 1.165) is 0 Å². The second-order valence-electron chi connectivity index (χ2n) is 6.30. The fourth-order valence-corrected chi connectivity index (χ4v) is 4.32. The second kappa shape index (κ2) is 7.43. The van der Waals surface area contributed by atoms with Crippen molar-refractivity contribution in [1.82, 2.24) is 10.2 Å². The van der Waals surface area contributed by atoms with Crippen LogP contribution in [0.1, 0.15) is 19.4 Å². The van der Waals surface area contributed by atoms with Gasteiger partial charge in [0.15, 0.2) is 0 Å². The largest absolute Gasteiger partial charge is 0.477 e. The summed E-state index contributed by atoms with van der Waals surface area (Å²) in [6, 6.07) is 5.77. The van der Waals surface area contributed by atoms with Crippen molar-refractivity contribution >= 4 is 35.5 Å². The van der Waals surface area contributed by atoms with Crippen molar-refractivity contribution in [2.45, 2.75) is 31.7 Å². The molecule has 2 aliphatic rings. The van der Waals surface area contributed by atoms with E-state index in [1.807, 2.05) is 0 Å². The number of carboxylic acid groups (broad SMARTS) is 1. The average molecular weight is 390 g/mol. The number of nitrogens with one attached hydrogen (secondary N) is 1. The van der Waals surface area contributed by atoms with Crippen LogP contribution in [0.15, 0.2) is 35.5 Å². The Morgan fingerprint density at radius 1 is 1.30 bits per heavy atom. The Kier molecular flexibility index (Phi) is 5.22. The van der Waals surface area contributed by atoms with Gasteiger partial charge in [0, 0.05) is 12.7 Å². The van der Waals surface area contributed by atoms with Gasteiger partial charge in [-0.3, -0.25) is 19.3 Å². The Labute approximate surface area is 159 Å². The minimum atomic E-state index is -1.14. The van der Waals surface area contributed by atoms with Crippen LogP contribution in [0, 0.1) is 0 Å². The van der Waals surface area contributed by atoms with Gasteiger partial charge in [0.25, 0.3) is 5.91 Å². The van der Waals surface area contributed by atoms with Crippen molar-refractivity contribution in [2.24, 2.45) is 0 Å². The highest BCUT2D eigenvalue weighted by atomic mass is 32.2. The van der Waals surface area contributed by atoms with Gasteiger partial charge in [0.05, 0.1) is 6.42 Å². The van der Waals surface area contributed by atoms with E-state index in [4.69, 9.17) is 4.74 Å². The van der Waals surface area contributed by atoms with Crippen LogP contribution in [-0.4, -0.2) is 50.9 Å². The zero-order valence-electron chi connectivity index (χ0n) is 14.7. The fraction of sp³-hybridized carbons (Fsp3) is 0.333. The Morgan fingerprint density at radius 2 is 1.96 bits per heavy atom. The van der Waals surface area contributed by atoms with Crippen molar-refractivity contribution in [2.75, 3.05) is 5.75 Å². The van der Waals surface area contributed by atoms with E-state index in [-0.39, 0.29) is 18.0 Å². The number of thioether (sulfide) groups is 1. The molecule has 1 unspecified atom stereocenters. The fourth-order valence-electron chi connectivity index (χ4n) is 3.03. The number of amides is 2. The van der Waals surface area contributed by atoms with Gasteiger partial charge in [0.2, 0.25) is 5.91 Å². The van der Waals surface area contributed by atoms with E-state index in [0.29, 0.717) is 22.6 Å². The highest BCUT2D eigenvalue weighted by molar-refractivity contribution is 8.00. The Morgan fingerprint density at radius 3 is 2.56 bits per heavy atom. The predicted molar refractivity (Wildman–Crippen MR) is 96.8 cm³/mol. The van der Waals surface area contributed by atoms with Gasteiger partial charge in [-0.05, 0) is 30.2 Å². The molecule has 0 aliphatic carbocycles. The quantitative estimate of drug-likeness (QED) is 0.436. The zero-order valence-corrected chi connectivity index (χ0v) is 15.5. The number of benzene rings is 1. The van der Waals surface area contributed by atoms with Crippen LogP contribution in [0.2, 0.25) is 0 Å². The molecule has 0 saturated carbocycles. The van der Waals surface area contributed by atoms with Crippen LogP contribution in [-0.2, 0) is 25.6 Å². The first-order chi connectivity index (χ1) is 12.8. The number of carboxylic acids is 1. The molecule has 8 nitrogen and oxygen atoms in total. The molecule has 142 valence electrons. The van der Waals surface area contributed by atoms with Crippen molar-refractivity contribution in [3.8, 4) is 5.75 Å². The molecular weight excluding hydrogens is 372 g/mol. The van der Waals surface area contributed by atoms with Crippen LogP contribution in [0.3, 0.4) is 0 Å². The summed E-state index contributed by atoms with van der Waals surface area (Å²) in [6.45, 7) is 2.99. The zero-order chi connectivity index (χ0) is 19.7. The summed E-state index contributed by atoms with van der Waals surface area (Å²) >= 11 is 1.43. The van der Waals surface area contributed by atoms with Gasteiger partial charge in [-0.25, -0.2) is 4.79 Å². The first kappa shape index (κ1) is 19.0. The number of hydrogen-bond donors (Lipinski definition) is 2. The highest BCUT2D eigenvalue weighted by Crippen LogP contribution is 2.40. The molecule has 1 aromatic rings. The summed E-state index contributed by atoms with van der Waals surface area (Å²) in [6.07, 6.45) is 0.0577. The Hall–Kier alpha value is -2.81. The number of β-lactam (4-membered cyclic amide) rings is 1. The molecule has 2 aliphatic heterocycles. The number of nitrogens with zero attached hydrogens (tertiary/aromatic N) is 1. The summed E-state index contributed by atoms with van der Waals surface area (Å²) in [5.74, 6) is -1.43. The van der Waals surface area contributed by atoms with Crippen LogP contribution in [0.5, 0.6) is 5.75 Å². The highest BCUT2D eigenvalue weighted by Gasteiger charge is 2.53. The molecule has 27 heavy (non-hydrogen) atoms. The van der Waals surface area contributed by atoms with Crippen molar-refractivity contribution in [3.05, 3.63) is 41.1 Å². The SMILES string of the molecule is CC(=O)Oc1ccc(CC(=O)NC2C(=O)N3C(C(=O)O)=C(C)CS[C@@H]23)cc1. The molecule has 1 aromatic carbocycles. The lowest BCUT2D eigenvalue weighted by Gasteiger charge is -2.49. The van der Waals surface area contributed by atoms with E-state index in [2.05, 4.69) is 5.32 Å². The van der Waals surface area contributed by atoms with Crippen molar-refractivity contribution < 1.29 is 29.0 Å². The molecule has 1 saturated heterocycles. The predicted octanol–water partition coefficient (Wildman–Crippen LogP) is 0.913. The molecule has 0 bridgehead atoms. The molecule has 9 heteroatoms. The lowest BCUT2D eigenvalue weighted by atomic mass is 10.0. The second-order valence-corrected chi connectivity index (χ2v) is 7.41. The van der Waals surface area contributed by atoms with Crippen molar-refractivity contribution in [1.29, 1.82) is 0 Å². The number of aliphatic carboxylic acids is 1. The van der Waals surface area contributed by atoms with Crippen LogP contribution in [0.4, 0.5) is 0 Å². The molecule has 1 fully saturated rings. The molecule has 2 amide bonds. The molecule has 2 atom stereocenters. The van der Waals surface area contributed by atoms with Gasteiger partial charge < -0.3 is 15.2 Å². The molecule has 2 N–H and O–H groups in total. The van der Waals surface area contributed by atoms with Crippen LogP contribution >= 0.6 is 11.8 Å². The maximum atomic E-state index is 12.3. The van der Waals surface area contributed by atoms with E-state index in [9.17, 15) is 24.3 Å². The Balaban J connectivity index is 1.60. The van der Waals surface area contributed by atoms with Crippen LogP contribution in [0.25, 0.3) is 0 Å². The third-order valence-corrected chi connectivity index (χ3v) is 5.65. The van der Waals surface area contributed by atoms with Gasteiger partial charge in [-0.2, -0.15) is 0 Å². The number of carbonyl (C=O) groups excluding carboxylic acids is 3. The summed E-state index contributed by atoms with van der Waals surface area (Å²) in [5, 5.41) is 11.6. The summed E-state index contributed by atoms with van der Waals surface area (Å²) in [5.41, 5.74) is 1.34. The molecule has 2 heterocycles. The molecule has 0 aromatic heterocycles. The smallest absolute Gasteiger partial charge is 0.352 e. The monoisotopic (exact) mass is 390 g/mol. The number of ether oxygens (including phenoxy) is 1. The number of fused-ring (bicyclic) bond motifs is 1. The number of rotatable bonds is 5. The number of carbonyl (C=O) groups is 4. The van der Waals surface area contributed by atoms with Gasteiger partial charge in [-0.1, -0.05) is 12.1 Å². The molecule has 0 spiro atoms. The topological polar surface area (TPSA) is 113 Å². The number of esters is 1. The van der Waals surface area contributed by atoms with Crippen molar-refractivity contribution in [3.63, 3.8) is 0 Å². The Bertz CT molecular complexity index is 848. The van der Waals surface area contributed by atoms with E-state index >= 15 is 0 Å². The average Bonchev–Trinajstić information content (AvgIpc) is 2.60. The summed E-state index contributed by atoms with van der Waals surface area (Å²) in [4.78, 5) is 48.1. The first-order valence-electron chi connectivity index (χ1n) is 8.22. The van der Waals surface area contributed by atoms with Gasteiger partial charge in [-0.15, -0.1) is 11.8 Å². The third-order valence-electron chi connectivity index (χ3n) is 4.23. The lowest BCUT2D eigenvalue weighted by Crippen LogP contribution is -2.70. The van der Waals surface area contributed by atoms with E-state index < -0.39 is 29.3 Å². The lowest BCUT2D eigenvalue weighted by molar-refractivity contribution is -0.150. The standard InChI is InChI=1S/C18H18N2O6S/c1-9-8-27-17-14(16(23)20(17)15(9)18(24)25)19-13(22)7-11-3-5-12(6-4-11)26-10(2)21/h3-6,14,17H,7-8H2,1-2H3,(H,19,22)(H,24,25)/t14?,17-/m0/s1. The maximum Gasteiger partial charge on any atom is 0.352 e. The molecular formula is C18H18N2O6S. The van der Waals surface area contributed by atoms with E-state index in [1.54, 1.807) is 31.2 Å². The van der Waals surface area contributed by atoms with E-state index in [1.165, 1.54) is 23.6 Å². The minimum absolute atomic E-state index is 0.00955.